The van der Waals surface area contributed by atoms with Gasteiger partial charge in [-0.1, -0.05) is 78.4 Å². The van der Waals surface area contributed by atoms with Crippen LogP contribution in [0.5, 0.6) is 0 Å². The number of nitrogens with one attached hydrogen (secondary N) is 1. The van der Waals surface area contributed by atoms with E-state index in [-0.39, 0.29) is 36.9 Å². The number of hydrazine groups is 1. The SMILES string of the molecule is CN1CC(=O)N2CC(=O)N(CCOCc3cccc(F)c3)CC2N1C.Cc1ccccc1.O=CNCc1ccccc1. The van der Waals surface area contributed by atoms with Crippen LogP contribution in [0, 0.1) is 12.7 Å². The molecule has 10 heteroatoms. The Bertz CT molecular complexity index is 1260. The van der Waals surface area contributed by atoms with Crippen molar-refractivity contribution in [2.24, 2.45) is 0 Å². The molecule has 0 bridgehead atoms. The molecule has 224 valence electrons. The first-order valence-corrected chi connectivity index (χ1v) is 13.8. The molecule has 0 spiro atoms. The topological polar surface area (TPSA) is 85.4 Å². The highest BCUT2D eigenvalue weighted by molar-refractivity contribution is 5.87. The maximum Gasteiger partial charge on any atom is 0.242 e. The van der Waals surface area contributed by atoms with E-state index in [1.54, 1.807) is 21.9 Å². The number of aryl methyl sites for hydroxylation is 1. The van der Waals surface area contributed by atoms with Crippen molar-refractivity contribution in [1.29, 1.82) is 0 Å². The maximum absolute atomic E-state index is 13.1. The van der Waals surface area contributed by atoms with Crippen molar-refractivity contribution in [3.8, 4) is 0 Å². The summed E-state index contributed by atoms with van der Waals surface area (Å²) in [4.78, 5) is 37.6. The highest BCUT2D eigenvalue weighted by atomic mass is 19.1. The number of amides is 3. The van der Waals surface area contributed by atoms with Gasteiger partial charge in [0.05, 0.1) is 26.3 Å². The molecule has 2 aliphatic rings. The van der Waals surface area contributed by atoms with E-state index in [9.17, 15) is 18.8 Å². The van der Waals surface area contributed by atoms with Crippen molar-refractivity contribution in [3.05, 3.63) is 107 Å². The Hall–Kier alpha value is -4.12. The van der Waals surface area contributed by atoms with Crippen LogP contribution in [0.1, 0.15) is 16.7 Å². The molecule has 1 atom stereocenters. The van der Waals surface area contributed by atoms with Crippen LogP contribution in [0.4, 0.5) is 4.39 Å². The van der Waals surface area contributed by atoms with E-state index >= 15 is 0 Å². The number of fused-ring (bicyclic) bond motifs is 1. The maximum atomic E-state index is 13.1. The van der Waals surface area contributed by atoms with Gasteiger partial charge in [0.2, 0.25) is 18.2 Å². The van der Waals surface area contributed by atoms with E-state index < -0.39 is 0 Å². The number of carbonyl (C=O) groups is 3. The van der Waals surface area contributed by atoms with Crippen molar-refractivity contribution in [3.63, 3.8) is 0 Å². The smallest absolute Gasteiger partial charge is 0.242 e. The first-order chi connectivity index (χ1) is 20.3. The third-order valence-electron chi connectivity index (χ3n) is 6.89. The zero-order valence-electron chi connectivity index (χ0n) is 24.5. The normalized spacial score (nSPS) is 16.9. The van der Waals surface area contributed by atoms with Crippen molar-refractivity contribution >= 4 is 18.2 Å². The summed E-state index contributed by atoms with van der Waals surface area (Å²) < 4.78 is 18.7. The predicted octanol–water partition coefficient (Wildman–Crippen LogP) is 3.06. The number of ether oxygens (including phenoxy) is 1. The van der Waals surface area contributed by atoms with Crippen LogP contribution >= 0.6 is 0 Å². The van der Waals surface area contributed by atoms with Gasteiger partial charge in [-0.2, -0.15) is 0 Å². The quantitative estimate of drug-likeness (QED) is 0.327. The van der Waals surface area contributed by atoms with Crippen molar-refractivity contribution < 1.29 is 23.5 Å². The molecule has 1 unspecified atom stereocenters. The fraction of sp³-hybridized carbons (Fsp3) is 0.344. The highest BCUT2D eigenvalue weighted by Crippen LogP contribution is 2.19. The van der Waals surface area contributed by atoms with Gasteiger partial charge in [-0.15, -0.1) is 0 Å². The molecule has 0 aliphatic carbocycles. The van der Waals surface area contributed by atoms with E-state index in [1.807, 2.05) is 72.6 Å². The fourth-order valence-corrected chi connectivity index (χ4v) is 4.45. The molecule has 3 aromatic rings. The standard InChI is InChI=1S/C17H23FN4O3.C8H9NO.C7H8/c1-19-10-17(24)22-11-16(23)21(9-15(22)20(19)2)6-7-25-12-13-4-3-5-14(18)8-13;10-7-9-6-8-4-2-1-3-5-8;1-7-5-3-2-4-6-7/h3-5,8,15H,6-7,9-12H2,1-2H3;1-5,7H,6H2,(H,9,10);2-6H,1H3. The van der Waals surface area contributed by atoms with Crippen LogP contribution in [0.2, 0.25) is 0 Å². The minimum Gasteiger partial charge on any atom is -0.375 e. The zero-order valence-corrected chi connectivity index (χ0v) is 24.5. The first kappa shape index (κ1) is 32.4. The van der Waals surface area contributed by atoms with Gasteiger partial charge in [0.1, 0.15) is 18.5 Å². The average Bonchev–Trinajstić information content (AvgIpc) is 2.99. The van der Waals surface area contributed by atoms with Gasteiger partial charge in [-0.3, -0.25) is 14.4 Å². The lowest BCUT2D eigenvalue weighted by molar-refractivity contribution is -0.184. The Labute approximate surface area is 247 Å². The summed E-state index contributed by atoms with van der Waals surface area (Å²) in [5.41, 5.74) is 3.20. The van der Waals surface area contributed by atoms with Crippen molar-refractivity contribution in [1.82, 2.24) is 25.1 Å². The van der Waals surface area contributed by atoms with E-state index in [0.29, 0.717) is 39.3 Å². The fourth-order valence-electron chi connectivity index (χ4n) is 4.45. The summed E-state index contributed by atoms with van der Waals surface area (Å²) in [5, 5.41) is 6.42. The molecule has 2 fully saturated rings. The monoisotopic (exact) mass is 577 g/mol. The van der Waals surface area contributed by atoms with E-state index in [4.69, 9.17) is 4.74 Å². The van der Waals surface area contributed by atoms with Crippen LogP contribution in [-0.4, -0.2) is 91.1 Å². The van der Waals surface area contributed by atoms with Gasteiger partial charge in [0, 0.05) is 27.2 Å². The number of carbonyl (C=O) groups excluding carboxylic acids is 3. The summed E-state index contributed by atoms with van der Waals surface area (Å²) in [6, 6.07) is 26.3. The zero-order chi connectivity index (χ0) is 30.3. The largest absolute Gasteiger partial charge is 0.375 e. The summed E-state index contributed by atoms with van der Waals surface area (Å²) >= 11 is 0. The molecule has 0 aromatic heterocycles. The lowest BCUT2D eigenvalue weighted by atomic mass is 10.2. The molecule has 3 aromatic carbocycles. The molecule has 3 amide bonds. The molecule has 5 rings (SSSR count). The third-order valence-corrected chi connectivity index (χ3v) is 6.89. The Kier molecular flexibility index (Phi) is 13.1. The molecular weight excluding hydrogens is 537 g/mol. The predicted molar refractivity (Wildman–Crippen MR) is 159 cm³/mol. The van der Waals surface area contributed by atoms with Gasteiger partial charge in [0.25, 0.3) is 0 Å². The van der Waals surface area contributed by atoms with Gasteiger partial charge in [0.15, 0.2) is 0 Å². The molecule has 9 nitrogen and oxygen atoms in total. The van der Waals surface area contributed by atoms with Crippen LogP contribution < -0.4 is 5.32 Å². The average molecular weight is 578 g/mol. The molecule has 1 N–H and O–H groups in total. The van der Waals surface area contributed by atoms with Gasteiger partial charge < -0.3 is 19.9 Å². The van der Waals surface area contributed by atoms with Crippen LogP contribution in [-0.2, 0) is 32.3 Å². The summed E-state index contributed by atoms with van der Waals surface area (Å²) in [7, 11) is 3.77. The Morgan fingerprint density at radius 2 is 1.57 bits per heavy atom. The number of benzene rings is 3. The summed E-state index contributed by atoms with van der Waals surface area (Å²) in [6.45, 7) is 4.66. The summed E-state index contributed by atoms with van der Waals surface area (Å²) in [6.07, 6.45) is 0.555. The van der Waals surface area contributed by atoms with Gasteiger partial charge >= 0.3 is 0 Å². The number of hydrogen-bond donors (Lipinski definition) is 1. The number of hydrogen-bond acceptors (Lipinski definition) is 6. The molecular formula is C32H40FN5O4. The van der Waals surface area contributed by atoms with E-state index in [1.165, 1.54) is 17.7 Å². The minimum atomic E-state index is -0.290. The van der Waals surface area contributed by atoms with Crippen LogP contribution in [0.3, 0.4) is 0 Å². The van der Waals surface area contributed by atoms with Crippen molar-refractivity contribution in [2.75, 3.05) is 46.9 Å². The molecule has 42 heavy (non-hydrogen) atoms. The number of likely N-dealkylation sites (N-methyl/N-ethyl adjacent to an activating group) is 2. The van der Waals surface area contributed by atoms with Crippen LogP contribution in [0.15, 0.2) is 84.9 Å². The highest BCUT2D eigenvalue weighted by Gasteiger charge is 2.41. The van der Waals surface area contributed by atoms with E-state index in [0.717, 1.165) is 11.1 Å². The second kappa shape index (κ2) is 17.0. The first-order valence-electron chi connectivity index (χ1n) is 13.8. The number of piperazine rings is 1. The Morgan fingerprint density at radius 3 is 2.19 bits per heavy atom. The number of rotatable bonds is 8. The third kappa shape index (κ3) is 10.4. The second-order valence-electron chi connectivity index (χ2n) is 10.1. The molecule has 2 heterocycles. The molecule has 0 saturated carbocycles. The molecule has 0 radical (unpaired) electrons. The van der Waals surface area contributed by atoms with Gasteiger partial charge in [-0.05, 0) is 30.2 Å². The van der Waals surface area contributed by atoms with Crippen LogP contribution in [0.25, 0.3) is 0 Å². The lowest BCUT2D eigenvalue weighted by Crippen LogP contribution is -2.70. The van der Waals surface area contributed by atoms with Crippen molar-refractivity contribution in [2.45, 2.75) is 26.2 Å². The summed E-state index contributed by atoms with van der Waals surface area (Å²) in [5.74, 6) is -0.389. The number of nitrogens with zero attached hydrogens (tertiary/aromatic N) is 4. The Morgan fingerprint density at radius 1 is 0.905 bits per heavy atom. The molecule has 2 aliphatic heterocycles. The second-order valence-corrected chi connectivity index (χ2v) is 10.1. The minimum absolute atomic E-state index is 0.0269. The molecule has 2 saturated heterocycles. The van der Waals surface area contributed by atoms with E-state index in [2.05, 4.69) is 24.4 Å². The Balaban J connectivity index is 0.000000231. The lowest BCUT2D eigenvalue weighted by Gasteiger charge is -2.50. The van der Waals surface area contributed by atoms with Gasteiger partial charge in [-0.25, -0.2) is 14.4 Å². The number of halogens is 1.